The summed E-state index contributed by atoms with van der Waals surface area (Å²) >= 11 is 5.59. The number of hydrogen-bond donors (Lipinski definition) is 1. The Morgan fingerprint density at radius 2 is 2.19 bits per heavy atom. The largest absolute Gasteiger partial charge is 0.466 e. The molecule has 1 N–H and O–H groups in total. The molecule has 1 aliphatic heterocycles. The molecule has 3 aliphatic rings. The van der Waals surface area contributed by atoms with Crippen LogP contribution in [0.5, 0.6) is 0 Å². The van der Waals surface area contributed by atoms with E-state index in [4.69, 9.17) is 17.0 Å². The molecule has 5 heteroatoms. The summed E-state index contributed by atoms with van der Waals surface area (Å²) in [5.41, 5.74) is 0. The second-order valence-electron chi connectivity index (χ2n) is 6.77. The van der Waals surface area contributed by atoms with Crippen LogP contribution >= 0.6 is 12.2 Å². The minimum absolute atomic E-state index is 0.0153. The molecule has 4 nitrogen and oxygen atoms in total. The van der Waals surface area contributed by atoms with Crippen LogP contribution in [-0.4, -0.2) is 41.7 Å². The number of ether oxygens (including phenoxy) is 1. The minimum atomic E-state index is -0.0649. The smallest absolute Gasteiger partial charge is 0.310 e. The van der Waals surface area contributed by atoms with Crippen LogP contribution in [0.3, 0.4) is 0 Å². The van der Waals surface area contributed by atoms with Gasteiger partial charge in [0.05, 0.1) is 12.5 Å². The van der Waals surface area contributed by atoms with E-state index >= 15 is 0 Å². The fourth-order valence-electron chi connectivity index (χ4n) is 4.29. The Kier molecular flexibility index (Phi) is 4.67. The Morgan fingerprint density at radius 3 is 2.86 bits per heavy atom. The average Bonchev–Trinajstić information content (AvgIpc) is 3.10. The zero-order valence-corrected chi connectivity index (χ0v) is 13.7. The summed E-state index contributed by atoms with van der Waals surface area (Å²) in [5.74, 6) is 1.66. The van der Waals surface area contributed by atoms with Crippen molar-refractivity contribution in [2.75, 3.05) is 19.7 Å². The van der Waals surface area contributed by atoms with Crippen molar-refractivity contribution < 1.29 is 9.53 Å². The molecule has 0 unspecified atom stereocenters. The molecule has 0 aromatic carbocycles. The molecule has 3 fully saturated rings. The molecule has 0 amide bonds. The van der Waals surface area contributed by atoms with Crippen LogP contribution in [0.15, 0.2) is 0 Å². The van der Waals surface area contributed by atoms with E-state index in [1.54, 1.807) is 0 Å². The normalized spacial score (nSPS) is 34.8. The first-order valence-electron chi connectivity index (χ1n) is 8.39. The van der Waals surface area contributed by atoms with Crippen molar-refractivity contribution in [3.05, 3.63) is 0 Å². The zero-order valence-electron chi connectivity index (χ0n) is 12.8. The van der Waals surface area contributed by atoms with Gasteiger partial charge >= 0.3 is 5.97 Å². The van der Waals surface area contributed by atoms with Crippen molar-refractivity contribution in [1.82, 2.24) is 10.2 Å². The SMILES string of the molecule is CCOC(=O)[C@@H]1CCCN(C(=S)N[C@@H]2C[C@H]3CC[C@H]2C3)C1. The number of piperidine rings is 1. The van der Waals surface area contributed by atoms with Crippen LogP contribution in [0.25, 0.3) is 0 Å². The average molecular weight is 310 g/mol. The Labute approximate surface area is 132 Å². The molecule has 0 spiro atoms. The lowest BCUT2D eigenvalue weighted by Crippen LogP contribution is -2.50. The number of nitrogens with zero attached hydrogens (tertiary/aromatic N) is 1. The molecule has 118 valence electrons. The van der Waals surface area contributed by atoms with E-state index in [1.807, 2.05) is 6.92 Å². The third kappa shape index (κ3) is 3.33. The van der Waals surface area contributed by atoms with Gasteiger partial charge in [0.1, 0.15) is 0 Å². The number of esters is 1. The number of fused-ring (bicyclic) bond motifs is 2. The molecule has 2 saturated carbocycles. The Balaban J connectivity index is 1.51. The van der Waals surface area contributed by atoms with Crippen LogP contribution in [-0.2, 0) is 9.53 Å². The van der Waals surface area contributed by atoms with E-state index in [0.717, 1.165) is 36.3 Å². The lowest BCUT2D eigenvalue weighted by Gasteiger charge is -2.35. The highest BCUT2D eigenvalue weighted by molar-refractivity contribution is 7.80. The second-order valence-corrected chi connectivity index (χ2v) is 7.15. The van der Waals surface area contributed by atoms with Gasteiger partial charge in [0, 0.05) is 19.1 Å². The van der Waals surface area contributed by atoms with E-state index in [0.29, 0.717) is 19.2 Å². The van der Waals surface area contributed by atoms with Crippen molar-refractivity contribution in [3.8, 4) is 0 Å². The molecule has 0 aromatic rings. The highest BCUT2D eigenvalue weighted by atomic mass is 32.1. The zero-order chi connectivity index (χ0) is 14.8. The van der Waals surface area contributed by atoms with Gasteiger partial charge < -0.3 is 15.0 Å². The molecular weight excluding hydrogens is 284 g/mol. The van der Waals surface area contributed by atoms with Gasteiger partial charge in [0.15, 0.2) is 5.11 Å². The van der Waals surface area contributed by atoms with Gasteiger partial charge in [-0.05, 0) is 63.1 Å². The van der Waals surface area contributed by atoms with Crippen LogP contribution in [0.2, 0.25) is 0 Å². The van der Waals surface area contributed by atoms with Gasteiger partial charge in [-0.3, -0.25) is 4.79 Å². The van der Waals surface area contributed by atoms with Gasteiger partial charge in [-0.25, -0.2) is 0 Å². The fraction of sp³-hybridized carbons (Fsp3) is 0.875. The van der Waals surface area contributed by atoms with Crippen molar-refractivity contribution in [2.45, 2.75) is 51.5 Å². The summed E-state index contributed by atoms with van der Waals surface area (Å²) in [5, 5.41) is 4.43. The van der Waals surface area contributed by atoms with Crippen LogP contribution in [0.1, 0.15) is 45.4 Å². The summed E-state index contributed by atoms with van der Waals surface area (Å²) < 4.78 is 5.15. The number of rotatable bonds is 3. The number of carbonyl (C=O) groups excluding carboxylic acids is 1. The monoisotopic (exact) mass is 310 g/mol. The number of likely N-dealkylation sites (tertiary alicyclic amines) is 1. The van der Waals surface area contributed by atoms with E-state index in [2.05, 4.69) is 10.2 Å². The van der Waals surface area contributed by atoms with E-state index < -0.39 is 0 Å². The van der Waals surface area contributed by atoms with Crippen molar-refractivity contribution >= 4 is 23.3 Å². The molecule has 0 aromatic heterocycles. The molecule has 2 bridgehead atoms. The third-order valence-corrected chi connectivity index (χ3v) is 5.75. The number of thiocarbonyl (C=S) groups is 1. The maximum absolute atomic E-state index is 11.9. The summed E-state index contributed by atoms with van der Waals surface area (Å²) in [4.78, 5) is 14.1. The first-order chi connectivity index (χ1) is 10.2. The second kappa shape index (κ2) is 6.51. The fourth-order valence-corrected chi connectivity index (χ4v) is 4.60. The molecule has 2 aliphatic carbocycles. The molecule has 0 radical (unpaired) electrons. The van der Waals surface area contributed by atoms with Crippen LogP contribution in [0, 0.1) is 17.8 Å². The van der Waals surface area contributed by atoms with E-state index in [-0.39, 0.29) is 11.9 Å². The van der Waals surface area contributed by atoms with Crippen LogP contribution < -0.4 is 5.32 Å². The maximum atomic E-state index is 11.9. The van der Waals surface area contributed by atoms with Crippen molar-refractivity contribution in [2.24, 2.45) is 17.8 Å². The Hall–Kier alpha value is -0.840. The highest BCUT2D eigenvalue weighted by Crippen LogP contribution is 2.44. The summed E-state index contributed by atoms with van der Waals surface area (Å²) in [6, 6.07) is 0.569. The standard InChI is InChI=1S/C16H26N2O2S/c1-2-20-15(19)13-4-3-7-18(10-13)16(21)17-14-9-11-5-6-12(14)8-11/h11-14H,2-10H2,1H3,(H,17,21)/t11-,12-,13+,14+/m0/s1. The quantitative estimate of drug-likeness (QED) is 0.640. The van der Waals surface area contributed by atoms with E-state index in [1.165, 1.54) is 25.7 Å². The maximum Gasteiger partial charge on any atom is 0.310 e. The van der Waals surface area contributed by atoms with Gasteiger partial charge in [0.2, 0.25) is 0 Å². The molecule has 4 atom stereocenters. The van der Waals surface area contributed by atoms with Crippen LogP contribution in [0.4, 0.5) is 0 Å². The molecule has 1 saturated heterocycles. The van der Waals surface area contributed by atoms with Gasteiger partial charge in [0.25, 0.3) is 0 Å². The number of nitrogens with one attached hydrogen (secondary N) is 1. The minimum Gasteiger partial charge on any atom is -0.466 e. The Morgan fingerprint density at radius 1 is 1.33 bits per heavy atom. The molecular formula is C16H26N2O2S. The molecule has 1 heterocycles. The lowest BCUT2D eigenvalue weighted by molar-refractivity contribution is -0.149. The molecule has 3 rings (SSSR count). The first kappa shape index (κ1) is 15.1. The lowest BCUT2D eigenvalue weighted by atomic mass is 9.95. The van der Waals surface area contributed by atoms with E-state index in [9.17, 15) is 4.79 Å². The first-order valence-corrected chi connectivity index (χ1v) is 8.80. The predicted molar refractivity (Wildman–Crippen MR) is 85.9 cm³/mol. The Bertz CT molecular complexity index is 415. The number of carbonyl (C=O) groups is 1. The van der Waals surface area contributed by atoms with Crippen molar-refractivity contribution in [1.29, 1.82) is 0 Å². The summed E-state index contributed by atoms with van der Waals surface area (Å²) in [7, 11) is 0. The number of hydrogen-bond acceptors (Lipinski definition) is 3. The summed E-state index contributed by atoms with van der Waals surface area (Å²) in [6.07, 6.45) is 7.36. The topological polar surface area (TPSA) is 41.6 Å². The third-order valence-electron chi connectivity index (χ3n) is 5.38. The predicted octanol–water partition coefficient (Wildman–Crippen LogP) is 2.32. The van der Waals surface area contributed by atoms with Crippen molar-refractivity contribution in [3.63, 3.8) is 0 Å². The van der Waals surface area contributed by atoms with Gasteiger partial charge in [-0.15, -0.1) is 0 Å². The van der Waals surface area contributed by atoms with Gasteiger partial charge in [-0.1, -0.05) is 6.42 Å². The highest BCUT2D eigenvalue weighted by Gasteiger charge is 2.40. The molecule has 21 heavy (non-hydrogen) atoms. The van der Waals surface area contributed by atoms with Gasteiger partial charge in [-0.2, -0.15) is 0 Å². The summed E-state index contributed by atoms with van der Waals surface area (Å²) in [6.45, 7) is 4.00.